The van der Waals surface area contributed by atoms with Crippen LogP contribution in [0, 0.1) is 17.7 Å². The molecule has 0 unspecified atom stereocenters. The summed E-state index contributed by atoms with van der Waals surface area (Å²) in [6, 6.07) is 10.2. The molecule has 2 aromatic rings. The molecule has 1 aromatic carbocycles. The molecule has 1 heterocycles. The van der Waals surface area contributed by atoms with Crippen molar-refractivity contribution in [2.75, 3.05) is 0 Å². The van der Waals surface area contributed by atoms with Crippen LogP contribution in [0.5, 0.6) is 0 Å². The Morgan fingerprint density at radius 2 is 2.05 bits per heavy atom. The number of aryl methyl sites for hydroxylation is 1. The lowest BCUT2D eigenvalue weighted by molar-refractivity contribution is 0.751. The minimum absolute atomic E-state index is 0.187. The Hall–Kier alpha value is -1.92. The number of aromatic nitrogens is 2. The van der Waals surface area contributed by atoms with Gasteiger partial charge in [-0.3, -0.25) is 20.1 Å². The van der Waals surface area contributed by atoms with Crippen molar-refractivity contribution in [1.82, 2.24) is 14.3 Å². The Balaban J connectivity index is 2.01. The van der Waals surface area contributed by atoms with Crippen LogP contribution in [0.25, 0.3) is 0 Å². The lowest BCUT2D eigenvalue weighted by Gasteiger charge is -2.13. The summed E-state index contributed by atoms with van der Waals surface area (Å²) < 4.78 is 4.64. The molecule has 0 amide bonds. The van der Waals surface area contributed by atoms with Crippen molar-refractivity contribution in [2.45, 2.75) is 24.9 Å². The van der Waals surface area contributed by atoms with E-state index in [2.05, 4.69) is 47.8 Å². The third-order valence-electron chi connectivity index (χ3n) is 2.90. The standard InChI is InChI=1S/C14H17N5S/c1-10-3-5-12(6-4-10)11(2)18-20-14-7-13(16)19(8-15)9-17-14/h3-9,11,15-16,18H,1-2H3/t11-/m0/s1. The van der Waals surface area contributed by atoms with Gasteiger partial charge in [0.1, 0.15) is 16.8 Å². The highest BCUT2D eigenvalue weighted by atomic mass is 32.2. The quantitative estimate of drug-likeness (QED) is 0.342. The van der Waals surface area contributed by atoms with Gasteiger partial charge in [0.05, 0.1) is 6.34 Å². The molecule has 2 rings (SSSR count). The molecule has 0 aliphatic carbocycles. The Morgan fingerprint density at radius 1 is 1.35 bits per heavy atom. The summed E-state index contributed by atoms with van der Waals surface area (Å²) >= 11 is 1.39. The Morgan fingerprint density at radius 3 is 2.65 bits per heavy atom. The fourth-order valence-electron chi connectivity index (χ4n) is 1.64. The molecule has 104 valence electrons. The van der Waals surface area contributed by atoms with E-state index < -0.39 is 0 Å². The first kappa shape index (κ1) is 14.5. The zero-order valence-electron chi connectivity index (χ0n) is 11.4. The largest absolute Gasteiger partial charge is 0.291 e. The third-order valence-corrected chi connectivity index (χ3v) is 3.81. The zero-order valence-corrected chi connectivity index (χ0v) is 12.2. The summed E-state index contributed by atoms with van der Waals surface area (Å²) in [5, 5.41) is 15.5. The van der Waals surface area contributed by atoms with Crippen molar-refractivity contribution in [3.8, 4) is 0 Å². The van der Waals surface area contributed by atoms with E-state index in [1.807, 2.05) is 0 Å². The van der Waals surface area contributed by atoms with Gasteiger partial charge >= 0.3 is 0 Å². The molecule has 6 heteroatoms. The summed E-state index contributed by atoms with van der Waals surface area (Å²) in [5.74, 6) is 0. The van der Waals surface area contributed by atoms with E-state index in [1.54, 1.807) is 6.07 Å². The highest BCUT2D eigenvalue weighted by Gasteiger charge is 2.06. The third kappa shape index (κ3) is 3.55. The molecule has 0 saturated heterocycles. The summed E-state index contributed by atoms with van der Waals surface area (Å²) in [6.07, 6.45) is 2.53. The van der Waals surface area contributed by atoms with Crippen LogP contribution in [0.1, 0.15) is 24.1 Å². The maximum Gasteiger partial charge on any atom is 0.133 e. The molecule has 0 aliphatic rings. The Kier molecular flexibility index (Phi) is 4.70. The highest BCUT2D eigenvalue weighted by Crippen LogP contribution is 2.18. The van der Waals surface area contributed by atoms with E-state index in [4.69, 9.17) is 10.8 Å². The first-order valence-corrected chi connectivity index (χ1v) is 7.04. The molecule has 0 saturated carbocycles. The van der Waals surface area contributed by atoms with Crippen LogP contribution in [0.2, 0.25) is 0 Å². The van der Waals surface area contributed by atoms with Gasteiger partial charge in [-0.2, -0.15) is 0 Å². The van der Waals surface area contributed by atoms with Gasteiger partial charge in [0.15, 0.2) is 0 Å². The normalized spacial score (nSPS) is 12.1. The van der Waals surface area contributed by atoms with E-state index >= 15 is 0 Å². The van der Waals surface area contributed by atoms with E-state index in [1.165, 1.54) is 34.0 Å². The molecular weight excluding hydrogens is 270 g/mol. The average molecular weight is 287 g/mol. The minimum Gasteiger partial charge on any atom is -0.291 e. The van der Waals surface area contributed by atoms with Gasteiger partial charge < -0.3 is 0 Å². The first-order chi connectivity index (χ1) is 9.60. The van der Waals surface area contributed by atoms with E-state index in [-0.39, 0.29) is 11.5 Å². The molecule has 1 aromatic heterocycles. The van der Waals surface area contributed by atoms with Crippen molar-refractivity contribution in [3.63, 3.8) is 0 Å². The lowest BCUT2D eigenvalue weighted by atomic mass is 10.1. The lowest BCUT2D eigenvalue weighted by Crippen LogP contribution is -2.20. The summed E-state index contributed by atoms with van der Waals surface area (Å²) in [7, 11) is 0. The second-order valence-electron chi connectivity index (χ2n) is 4.50. The molecule has 5 nitrogen and oxygen atoms in total. The number of nitrogens with one attached hydrogen (secondary N) is 3. The molecule has 20 heavy (non-hydrogen) atoms. The molecule has 1 atom stereocenters. The molecular formula is C14H17N5S. The second-order valence-corrected chi connectivity index (χ2v) is 5.36. The maximum atomic E-state index is 7.72. The molecule has 3 N–H and O–H groups in total. The van der Waals surface area contributed by atoms with Crippen LogP contribution >= 0.6 is 11.9 Å². The van der Waals surface area contributed by atoms with Gasteiger partial charge in [-0.05, 0) is 31.4 Å². The highest BCUT2D eigenvalue weighted by molar-refractivity contribution is 7.97. The average Bonchev–Trinajstić information content (AvgIpc) is 2.45. The van der Waals surface area contributed by atoms with Crippen molar-refractivity contribution in [1.29, 1.82) is 10.8 Å². The van der Waals surface area contributed by atoms with Crippen molar-refractivity contribution >= 4 is 18.3 Å². The molecule has 0 spiro atoms. The van der Waals surface area contributed by atoms with Crippen LogP contribution in [0.4, 0.5) is 0 Å². The molecule has 0 radical (unpaired) electrons. The van der Waals surface area contributed by atoms with Crippen LogP contribution in [-0.4, -0.2) is 15.9 Å². The van der Waals surface area contributed by atoms with Gasteiger partial charge in [0, 0.05) is 12.1 Å². The molecule has 0 aliphatic heterocycles. The number of hydrogen-bond donors (Lipinski definition) is 3. The van der Waals surface area contributed by atoms with Crippen LogP contribution in [0.15, 0.2) is 41.7 Å². The van der Waals surface area contributed by atoms with Crippen LogP contribution < -0.4 is 10.2 Å². The fraction of sp³-hybridized carbons (Fsp3) is 0.214. The first-order valence-electron chi connectivity index (χ1n) is 6.22. The fourth-order valence-corrected chi connectivity index (χ4v) is 2.34. The molecule has 0 fully saturated rings. The Labute approximate surface area is 122 Å². The SMILES string of the molecule is Cc1ccc([C@H](C)NSc2cc(=N)n(C=N)cn2)cc1. The van der Waals surface area contributed by atoms with Gasteiger partial charge in [-0.15, -0.1) is 0 Å². The van der Waals surface area contributed by atoms with Crippen molar-refractivity contribution in [3.05, 3.63) is 53.3 Å². The maximum absolute atomic E-state index is 7.72. The van der Waals surface area contributed by atoms with Gasteiger partial charge in [0.2, 0.25) is 0 Å². The number of hydrogen-bond acceptors (Lipinski definition) is 5. The smallest absolute Gasteiger partial charge is 0.133 e. The minimum atomic E-state index is 0.187. The van der Waals surface area contributed by atoms with Crippen molar-refractivity contribution in [2.24, 2.45) is 0 Å². The summed E-state index contributed by atoms with van der Waals surface area (Å²) in [6.45, 7) is 4.15. The van der Waals surface area contributed by atoms with Crippen molar-refractivity contribution < 1.29 is 0 Å². The second kappa shape index (κ2) is 6.49. The topological polar surface area (TPSA) is 77.5 Å². The van der Waals surface area contributed by atoms with Gasteiger partial charge in [0.25, 0.3) is 0 Å². The number of rotatable bonds is 5. The zero-order chi connectivity index (χ0) is 14.5. The van der Waals surface area contributed by atoms with Crippen LogP contribution in [0.3, 0.4) is 0 Å². The predicted molar refractivity (Wildman–Crippen MR) is 80.9 cm³/mol. The summed E-state index contributed by atoms with van der Waals surface area (Å²) in [4.78, 5) is 4.18. The molecule has 0 bridgehead atoms. The monoisotopic (exact) mass is 287 g/mol. The Bertz CT molecular complexity index is 647. The number of nitrogens with zero attached hydrogens (tertiary/aromatic N) is 2. The van der Waals surface area contributed by atoms with E-state index in [0.29, 0.717) is 5.03 Å². The van der Waals surface area contributed by atoms with E-state index in [9.17, 15) is 0 Å². The number of benzene rings is 1. The van der Waals surface area contributed by atoms with Gasteiger partial charge in [-0.1, -0.05) is 29.8 Å². The van der Waals surface area contributed by atoms with Gasteiger partial charge in [-0.25, -0.2) is 4.98 Å². The van der Waals surface area contributed by atoms with E-state index in [0.717, 1.165) is 6.34 Å². The predicted octanol–water partition coefficient (Wildman–Crippen LogP) is 2.48. The van der Waals surface area contributed by atoms with Crippen LogP contribution in [-0.2, 0) is 0 Å². The summed E-state index contributed by atoms with van der Waals surface area (Å²) in [5.41, 5.74) is 2.69.